The maximum atomic E-state index is 13.1. The first kappa shape index (κ1) is 28.8. The van der Waals surface area contributed by atoms with Crippen LogP contribution in [0.2, 0.25) is 0 Å². The first-order valence-electron chi connectivity index (χ1n) is 12.9. The molecule has 3 N–H and O–H groups in total. The van der Waals surface area contributed by atoms with Gasteiger partial charge < -0.3 is 20.1 Å². The molecular formula is C27H23F3N8O2S3. The molecule has 0 aliphatic carbocycles. The Hall–Kier alpha value is -4.28. The molecule has 1 saturated heterocycles. The van der Waals surface area contributed by atoms with Gasteiger partial charge in [-0.1, -0.05) is 12.1 Å². The normalized spacial score (nSPS) is 14.2. The zero-order valence-corrected chi connectivity index (χ0v) is 24.6. The molecule has 0 saturated carbocycles. The van der Waals surface area contributed by atoms with Crippen LogP contribution in [0.5, 0.6) is 0 Å². The zero-order valence-electron chi connectivity index (χ0n) is 22.2. The lowest BCUT2D eigenvalue weighted by atomic mass is 10.0. The van der Waals surface area contributed by atoms with Gasteiger partial charge in [0.15, 0.2) is 10.2 Å². The second kappa shape index (κ2) is 11.4. The number of halogens is 3. The maximum absolute atomic E-state index is 13.1. The molecule has 6 rings (SSSR count). The highest BCUT2D eigenvalue weighted by molar-refractivity contribution is 7.93. The van der Waals surface area contributed by atoms with Gasteiger partial charge in [0.05, 0.1) is 15.8 Å². The minimum atomic E-state index is -4.41. The van der Waals surface area contributed by atoms with Gasteiger partial charge in [-0.3, -0.25) is 4.72 Å². The number of hydrogen-bond donors (Lipinski definition) is 3. The Balaban J connectivity index is 1.11. The van der Waals surface area contributed by atoms with E-state index in [-0.39, 0.29) is 10.0 Å². The second-order valence-corrected chi connectivity index (χ2v) is 12.5. The largest absolute Gasteiger partial charge is 0.416 e. The fourth-order valence-corrected chi connectivity index (χ4v) is 6.83. The van der Waals surface area contributed by atoms with Crippen LogP contribution >= 0.6 is 23.6 Å². The molecule has 43 heavy (non-hydrogen) atoms. The average molecular weight is 645 g/mol. The summed E-state index contributed by atoms with van der Waals surface area (Å²) in [5.41, 5.74) is 1.86. The van der Waals surface area contributed by atoms with Crippen molar-refractivity contribution in [3.8, 4) is 11.1 Å². The van der Waals surface area contributed by atoms with Crippen molar-refractivity contribution in [2.45, 2.75) is 11.1 Å². The number of sulfonamides is 1. The van der Waals surface area contributed by atoms with E-state index in [9.17, 15) is 21.6 Å². The standard InChI is InChI=1S/C27H23F3N8O2S3/c28-27(29,30)18-3-1-17(2-4-18)21-15-32-23-22(21)24(34-16-33-23)37-10-12-38(13-11-37)26(41)35-19-5-7-20(8-6-19)43(39,40)36-25-31-9-14-42-25/h1-9,14-16H,10-13H2,(H,31,36)(H,35,41)(H,32,33,34). The van der Waals surface area contributed by atoms with E-state index in [0.29, 0.717) is 59.6 Å². The van der Waals surface area contributed by atoms with Crippen molar-refractivity contribution in [1.29, 1.82) is 0 Å². The zero-order chi connectivity index (χ0) is 30.2. The molecule has 4 heterocycles. The molecule has 1 aliphatic heterocycles. The molecule has 0 spiro atoms. The number of anilines is 3. The van der Waals surface area contributed by atoms with Crippen LogP contribution in [0.1, 0.15) is 5.56 Å². The molecule has 222 valence electrons. The quantitative estimate of drug-likeness (QED) is 0.208. The van der Waals surface area contributed by atoms with E-state index in [4.69, 9.17) is 12.2 Å². The molecule has 3 aromatic heterocycles. The molecule has 0 radical (unpaired) electrons. The minimum Gasteiger partial charge on any atom is -0.352 e. The highest BCUT2D eigenvalue weighted by atomic mass is 32.2. The summed E-state index contributed by atoms with van der Waals surface area (Å²) in [6.07, 6.45) is 0.295. The van der Waals surface area contributed by atoms with E-state index in [2.05, 4.69) is 34.9 Å². The average Bonchev–Trinajstić information content (AvgIpc) is 3.67. The van der Waals surface area contributed by atoms with Crippen molar-refractivity contribution in [3.63, 3.8) is 0 Å². The van der Waals surface area contributed by atoms with E-state index in [1.165, 1.54) is 48.1 Å². The third-order valence-corrected chi connectivity index (χ3v) is 9.44. The molecule has 1 aliphatic rings. The summed E-state index contributed by atoms with van der Waals surface area (Å²) in [6.45, 7) is 2.35. The summed E-state index contributed by atoms with van der Waals surface area (Å²) < 4.78 is 66.8. The van der Waals surface area contributed by atoms with Crippen LogP contribution < -0.4 is 14.9 Å². The molecule has 16 heteroatoms. The third-order valence-electron chi connectivity index (χ3n) is 6.91. The Bertz CT molecular complexity index is 1850. The van der Waals surface area contributed by atoms with Crippen LogP contribution in [0, 0.1) is 0 Å². The smallest absolute Gasteiger partial charge is 0.352 e. The van der Waals surface area contributed by atoms with Crippen molar-refractivity contribution in [1.82, 2.24) is 24.8 Å². The highest BCUT2D eigenvalue weighted by Gasteiger charge is 2.30. The van der Waals surface area contributed by atoms with E-state index in [1.807, 2.05) is 4.90 Å². The van der Waals surface area contributed by atoms with E-state index in [1.54, 1.807) is 23.7 Å². The number of thiazole rings is 1. The van der Waals surface area contributed by atoms with Crippen LogP contribution in [0.4, 0.5) is 29.8 Å². The third kappa shape index (κ3) is 6.11. The number of nitrogens with zero attached hydrogens (tertiary/aromatic N) is 5. The fraction of sp³-hybridized carbons (Fsp3) is 0.185. The molecule has 10 nitrogen and oxygen atoms in total. The number of aromatic nitrogens is 4. The number of fused-ring (bicyclic) bond motifs is 1. The number of piperazine rings is 1. The van der Waals surface area contributed by atoms with Crippen LogP contribution in [0.25, 0.3) is 22.2 Å². The van der Waals surface area contributed by atoms with E-state index >= 15 is 0 Å². The SMILES string of the molecule is O=S(=O)(Nc1nccs1)c1ccc(NC(=S)N2CCN(c3ncnc4[nH]cc(-c5ccc(C(F)(F)F)cc5)c34)CC2)cc1. The first-order valence-corrected chi connectivity index (χ1v) is 15.7. The van der Waals surface area contributed by atoms with Gasteiger partial charge in [0.1, 0.15) is 17.8 Å². The lowest BCUT2D eigenvalue weighted by Gasteiger charge is -2.37. The monoisotopic (exact) mass is 644 g/mol. The minimum absolute atomic E-state index is 0.101. The Morgan fingerprint density at radius 3 is 2.35 bits per heavy atom. The summed E-state index contributed by atoms with van der Waals surface area (Å²) >= 11 is 6.82. The van der Waals surface area contributed by atoms with E-state index in [0.717, 1.165) is 17.5 Å². The van der Waals surface area contributed by atoms with Crippen LogP contribution in [0.3, 0.4) is 0 Å². The van der Waals surface area contributed by atoms with Gasteiger partial charge in [0.2, 0.25) is 0 Å². The summed E-state index contributed by atoms with van der Waals surface area (Å²) in [6, 6.07) is 11.3. The molecular weight excluding hydrogens is 622 g/mol. The van der Waals surface area contributed by atoms with Crippen molar-refractivity contribution < 1.29 is 21.6 Å². The molecule has 5 aromatic rings. The fourth-order valence-electron chi connectivity index (χ4n) is 4.74. The Labute approximate surface area is 253 Å². The van der Waals surface area contributed by atoms with Gasteiger partial charge >= 0.3 is 6.18 Å². The molecule has 0 bridgehead atoms. The number of H-pyrrole nitrogens is 1. The summed E-state index contributed by atoms with van der Waals surface area (Å²) in [5.74, 6) is 0.683. The Morgan fingerprint density at radius 2 is 1.70 bits per heavy atom. The van der Waals surface area contributed by atoms with Gasteiger partial charge in [-0.25, -0.2) is 23.4 Å². The van der Waals surface area contributed by atoms with E-state index < -0.39 is 21.8 Å². The van der Waals surface area contributed by atoms with Crippen molar-refractivity contribution in [3.05, 3.63) is 78.2 Å². The summed E-state index contributed by atoms with van der Waals surface area (Å²) in [5, 5.41) is 6.36. The number of hydrogen-bond acceptors (Lipinski definition) is 8. The van der Waals surface area contributed by atoms with Gasteiger partial charge in [0.25, 0.3) is 10.0 Å². The number of benzene rings is 2. The van der Waals surface area contributed by atoms with Crippen molar-refractivity contribution in [2.24, 2.45) is 0 Å². The number of nitrogens with one attached hydrogen (secondary N) is 3. The lowest BCUT2D eigenvalue weighted by Crippen LogP contribution is -2.50. The van der Waals surface area contributed by atoms with Gasteiger partial charge in [-0.05, 0) is 54.2 Å². The molecule has 0 amide bonds. The Morgan fingerprint density at radius 1 is 0.977 bits per heavy atom. The molecule has 0 unspecified atom stereocenters. The van der Waals surface area contributed by atoms with Gasteiger partial charge in [-0.2, -0.15) is 13.2 Å². The molecule has 0 atom stereocenters. The number of alkyl halides is 3. The van der Waals surface area contributed by atoms with Crippen molar-refractivity contribution in [2.75, 3.05) is 41.1 Å². The lowest BCUT2D eigenvalue weighted by molar-refractivity contribution is -0.137. The summed E-state index contributed by atoms with van der Waals surface area (Å²) in [7, 11) is -3.76. The van der Waals surface area contributed by atoms with Crippen LogP contribution in [-0.4, -0.2) is 64.5 Å². The number of thiocarbonyl (C=S) groups is 1. The van der Waals surface area contributed by atoms with Crippen molar-refractivity contribution >= 4 is 66.4 Å². The first-order chi connectivity index (χ1) is 20.6. The second-order valence-electron chi connectivity index (χ2n) is 9.57. The van der Waals surface area contributed by atoms with Crippen LogP contribution in [0.15, 0.2) is 77.5 Å². The van der Waals surface area contributed by atoms with Crippen LogP contribution in [-0.2, 0) is 16.2 Å². The molecule has 2 aromatic carbocycles. The topological polar surface area (TPSA) is 119 Å². The maximum Gasteiger partial charge on any atom is 0.416 e. The molecule has 1 fully saturated rings. The number of aromatic amines is 1. The summed E-state index contributed by atoms with van der Waals surface area (Å²) in [4.78, 5) is 20.1. The predicted octanol–water partition coefficient (Wildman–Crippen LogP) is 5.42. The van der Waals surface area contributed by atoms with Gasteiger partial charge in [-0.15, -0.1) is 11.3 Å². The van der Waals surface area contributed by atoms with Gasteiger partial charge in [0, 0.05) is 55.2 Å². The highest BCUT2D eigenvalue weighted by Crippen LogP contribution is 2.36. The Kier molecular flexibility index (Phi) is 7.66. The predicted molar refractivity (Wildman–Crippen MR) is 164 cm³/mol. The number of rotatable bonds is 6.